The highest BCUT2D eigenvalue weighted by Crippen LogP contribution is 2.37. The summed E-state index contributed by atoms with van der Waals surface area (Å²) in [6, 6.07) is 9.44. The van der Waals surface area contributed by atoms with Gasteiger partial charge in [-0.15, -0.1) is 21.5 Å². The second-order valence-electron chi connectivity index (χ2n) is 7.34. The third-order valence-corrected chi connectivity index (χ3v) is 6.17. The van der Waals surface area contributed by atoms with Crippen molar-refractivity contribution in [3.63, 3.8) is 0 Å². The maximum absolute atomic E-state index is 12.6. The number of thiophene rings is 1. The lowest BCUT2D eigenvalue weighted by Crippen LogP contribution is -2.14. The number of benzene rings is 1. The fourth-order valence-electron chi connectivity index (χ4n) is 3.37. The average Bonchev–Trinajstić information content (AvgIpc) is 3.18. The fourth-order valence-corrected chi connectivity index (χ4v) is 4.56. The van der Waals surface area contributed by atoms with Crippen LogP contribution >= 0.6 is 22.9 Å². The van der Waals surface area contributed by atoms with E-state index < -0.39 is 0 Å². The van der Waals surface area contributed by atoms with Gasteiger partial charge in [-0.25, -0.2) is 0 Å². The number of halogens is 1. The topological polar surface area (TPSA) is 60.1 Å². The quantitative estimate of drug-likeness (QED) is 0.598. The Morgan fingerprint density at radius 3 is 2.61 bits per heavy atom. The zero-order valence-corrected chi connectivity index (χ0v) is 17.8. The Kier molecular flexibility index (Phi) is 4.93. The largest absolute Gasteiger partial charge is 0.299 e. The molecule has 0 saturated heterocycles. The number of Topliss-reactive ketones (excluding diaryl/α,β-unsaturated/α-hetero) is 1. The van der Waals surface area contributed by atoms with Gasteiger partial charge in [0.2, 0.25) is 0 Å². The highest BCUT2D eigenvalue weighted by molar-refractivity contribution is 7.15. The third-order valence-electron chi connectivity index (χ3n) is 4.88. The molecule has 28 heavy (non-hydrogen) atoms. The lowest BCUT2D eigenvalue weighted by Gasteiger charge is -2.13. The molecule has 0 spiro atoms. The van der Waals surface area contributed by atoms with E-state index in [1.54, 1.807) is 11.3 Å². The van der Waals surface area contributed by atoms with Gasteiger partial charge in [0.1, 0.15) is 22.7 Å². The Morgan fingerprint density at radius 1 is 1.21 bits per heavy atom. The first-order chi connectivity index (χ1) is 13.3. The summed E-state index contributed by atoms with van der Waals surface area (Å²) >= 11 is 7.78. The van der Waals surface area contributed by atoms with Gasteiger partial charge in [0.05, 0.1) is 5.71 Å². The molecule has 4 rings (SSSR count). The summed E-state index contributed by atoms with van der Waals surface area (Å²) in [6.45, 7) is 7.85. The van der Waals surface area contributed by atoms with Gasteiger partial charge in [0.15, 0.2) is 5.82 Å². The van der Waals surface area contributed by atoms with Crippen LogP contribution in [0, 0.1) is 19.8 Å². The molecular formula is C21H21ClN4OS. The number of aromatic nitrogens is 3. The van der Waals surface area contributed by atoms with Crippen molar-refractivity contribution in [2.24, 2.45) is 10.9 Å². The zero-order chi connectivity index (χ0) is 20.0. The number of hydrogen-bond donors (Lipinski definition) is 0. The molecule has 3 aromatic rings. The van der Waals surface area contributed by atoms with E-state index in [1.165, 1.54) is 4.88 Å². The molecule has 0 fully saturated rings. The molecule has 0 saturated carbocycles. The van der Waals surface area contributed by atoms with Crippen LogP contribution in [0.3, 0.4) is 0 Å². The molecule has 1 atom stereocenters. The summed E-state index contributed by atoms with van der Waals surface area (Å²) in [5.41, 5.74) is 2.87. The van der Waals surface area contributed by atoms with Crippen molar-refractivity contribution in [2.45, 2.75) is 40.2 Å². The maximum Gasteiger partial charge on any atom is 0.163 e. The van der Waals surface area contributed by atoms with E-state index >= 15 is 0 Å². The molecule has 1 aliphatic rings. The number of nitrogens with zero attached hydrogens (tertiary/aromatic N) is 4. The number of rotatable bonds is 4. The van der Waals surface area contributed by atoms with Crippen molar-refractivity contribution in [1.29, 1.82) is 0 Å². The Bertz CT molecular complexity index is 1080. The van der Waals surface area contributed by atoms with Crippen molar-refractivity contribution in [2.75, 3.05) is 0 Å². The minimum absolute atomic E-state index is 0.0498. The summed E-state index contributed by atoms with van der Waals surface area (Å²) in [5, 5.41) is 10.4. The summed E-state index contributed by atoms with van der Waals surface area (Å²) in [7, 11) is 0. The lowest BCUT2D eigenvalue weighted by atomic mass is 10.0. The Labute approximate surface area is 173 Å². The second-order valence-corrected chi connectivity index (χ2v) is 9.01. The Morgan fingerprint density at radius 2 is 1.93 bits per heavy atom. The number of carbonyl (C=O) groups excluding carboxylic acids is 1. The highest BCUT2D eigenvalue weighted by Gasteiger charge is 2.31. The first kappa shape index (κ1) is 19.0. The van der Waals surface area contributed by atoms with Gasteiger partial charge in [0.25, 0.3) is 0 Å². The smallest absolute Gasteiger partial charge is 0.163 e. The average molecular weight is 413 g/mol. The summed E-state index contributed by atoms with van der Waals surface area (Å²) in [4.78, 5) is 18.8. The van der Waals surface area contributed by atoms with Crippen LogP contribution in [-0.2, 0) is 4.79 Å². The van der Waals surface area contributed by atoms with Crippen LogP contribution in [0.1, 0.15) is 54.0 Å². The molecule has 0 radical (unpaired) electrons. The number of carbonyl (C=O) groups is 1. The molecule has 5 nitrogen and oxygen atoms in total. The molecule has 144 valence electrons. The summed E-state index contributed by atoms with van der Waals surface area (Å²) in [6.07, 6.45) is 0.306. The van der Waals surface area contributed by atoms with E-state index in [-0.39, 0.29) is 17.7 Å². The van der Waals surface area contributed by atoms with E-state index in [0.717, 1.165) is 33.5 Å². The first-order valence-corrected chi connectivity index (χ1v) is 10.4. The summed E-state index contributed by atoms with van der Waals surface area (Å²) in [5.74, 6) is 1.63. The lowest BCUT2D eigenvalue weighted by molar-refractivity contribution is -0.122. The molecule has 0 bridgehead atoms. The Balaban J connectivity index is 1.94. The number of ketones is 1. The fraction of sp³-hybridized carbons (Fsp3) is 0.333. The van der Waals surface area contributed by atoms with Gasteiger partial charge >= 0.3 is 0 Å². The molecule has 0 N–H and O–H groups in total. The highest BCUT2D eigenvalue weighted by atomic mass is 35.5. The number of aryl methyl sites for hydroxylation is 2. The minimum atomic E-state index is -0.373. The van der Waals surface area contributed by atoms with Crippen LogP contribution in [0.25, 0.3) is 5.00 Å². The molecule has 3 heterocycles. The van der Waals surface area contributed by atoms with Crippen LogP contribution in [-0.4, -0.2) is 26.3 Å². The number of aliphatic imine (C=N–C) groups is 1. The van der Waals surface area contributed by atoms with Crippen LogP contribution in [0.5, 0.6) is 0 Å². The van der Waals surface area contributed by atoms with E-state index in [2.05, 4.69) is 27.8 Å². The van der Waals surface area contributed by atoms with Crippen molar-refractivity contribution >= 4 is 34.4 Å². The van der Waals surface area contributed by atoms with Crippen LogP contribution in [0.4, 0.5) is 0 Å². The predicted octanol–water partition coefficient (Wildman–Crippen LogP) is 5.11. The molecule has 0 unspecified atom stereocenters. The molecule has 0 amide bonds. The van der Waals surface area contributed by atoms with Crippen LogP contribution < -0.4 is 0 Å². The van der Waals surface area contributed by atoms with E-state index in [9.17, 15) is 4.79 Å². The molecule has 0 aliphatic carbocycles. The van der Waals surface area contributed by atoms with E-state index in [4.69, 9.17) is 16.6 Å². The minimum Gasteiger partial charge on any atom is -0.299 e. The molecule has 7 heteroatoms. The van der Waals surface area contributed by atoms with Crippen molar-refractivity contribution in [1.82, 2.24) is 14.8 Å². The van der Waals surface area contributed by atoms with Crippen LogP contribution in [0.2, 0.25) is 5.02 Å². The molecule has 1 aromatic carbocycles. The standard InChI is InChI=1S/C21H21ClN4OS/c1-11(2)18(27)10-17-20-25-24-13(4)26(20)21-16(9-12(3)28-21)19(23-17)14-5-7-15(22)8-6-14/h5-9,11,17H,10H2,1-4H3/t17-/m0/s1. The van der Waals surface area contributed by atoms with E-state index in [0.29, 0.717) is 11.4 Å². The van der Waals surface area contributed by atoms with Gasteiger partial charge < -0.3 is 0 Å². The van der Waals surface area contributed by atoms with Gasteiger partial charge in [0, 0.05) is 33.4 Å². The summed E-state index contributed by atoms with van der Waals surface area (Å²) < 4.78 is 2.05. The molecule has 2 aromatic heterocycles. The normalized spacial score (nSPS) is 15.8. The third kappa shape index (κ3) is 3.31. The van der Waals surface area contributed by atoms with E-state index in [1.807, 2.05) is 45.0 Å². The molecular weight excluding hydrogens is 392 g/mol. The second kappa shape index (κ2) is 7.26. The Hall–Kier alpha value is -2.31. The van der Waals surface area contributed by atoms with Crippen molar-refractivity contribution in [3.8, 4) is 5.00 Å². The van der Waals surface area contributed by atoms with Crippen molar-refractivity contribution in [3.05, 3.63) is 63.0 Å². The van der Waals surface area contributed by atoms with Crippen LogP contribution in [0.15, 0.2) is 35.3 Å². The SMILES string of the molecule is Cc1cc2c(s1)-n1c(C)nnc1[C@H](CC(=O)C(C)C)N=C2c1ccc(Cl)cc1. The van der Waals surface area contributed by atoms with Gasteiger partial charge in [-0.3, -0.25) is 14.4 Å². The maximum atomic E-state index is 12.6. The predicted molar refractivity (Wildman–Crippen MR) is 113 cm³/mol. The first-order valence-electron chi connectivity index (χ1n) is 9.24. The molecule has 1 aliphatic heterocycles. The number of fused-ring (bicyclic) bond motifs is 3. The number of hydrogen-bond acceptors (Lipinski definition) is 5. The van der Waals surface area contributed by atoms with Crippen molar-refractivity contribution < 1.29 is 4.79 Å². The van der Waals surface area contributed by atoms with Gasteiger partial charge in [-0.1, -0.05) is 37.6 Å². The zero-order valence-electron chi connectivity index (χ0n) is 16.2. The van der Waals surface area contributed by atoms with Gasteiger partial charge in [-0.2, -0.15) is 0 Å². The van der Waals surface area contributed by atoms with Gasteiger partial charge in [-0.05, 0) is 32.0 Å². The monoisotopic (exact) mass is 412 g/mol.